The second kappa shape index (κ2) is 4.13. The molecule has 1 atom stereocenters. The Morgan fingerprint density at radius 2 is 2.45 bits per heavy atom. The van der Waals surface area contributed by atoms with Gasteiger partial charge < -0.3 is 10.1 Å². The molecule has 0 saturated heterocycles. The molecule has 0 radical (unpaired) electrons. The van der Waals surface area contributed by atoms with Gasteiger partial charge in [0.25, 0.3) is 5.17 Å². The molecule has 11 heavy (non-hydrogen) atoms. The van der Waals surface area contributed by atoms with Crippen LogP contribution in [-0.4, -0.2) is 18.3 Å². The van der Waals surface area contributed by atoms with Crippen LogP contribution in [0.2, 0.25) is 0 Å². The van der Waals surface area contributed by atoms with Crippen LogP contribution in [0.25, 0.3) is 0 Å². The summed E-state index contributed by atoms with van der Waals surface area (Å²) in [6, 6.07) is 0. The van der Waals surface area contributed by atoms with Crippen LogP contribution in [-0.2, 0) is 4.74 Å². The highest BCUT2D eigenvalue weighted by atomic mass is 32.1. The third-order valence-corrected chi connectivity index (χ3v) is 1.70. The number of hydrogen-bond acceptors (Lipinski definition) is 2. The van der Waals surface area contributed by atoms with Crippen LogP contribution >= 0.6 is 12.2 Å². The van der Waals surface area contributed by atoms with Crippen LogP contribution in [0.15, 0.2) is 24.3 Å². The summed E-state index contributed by atoms with van der Waals surface area (Å²) in [4.78, 5) is 0. The minimum atomic E-state index is 0.111. The van der Waals surface area contributed by atoms with Gasteiger partial charge in [-0.25, -0.2) is 0 Å². The maximum atomic E-state index is 5.32. The van der Waals surface area contributed by atoms with Crippen LogP contribution in [0.4, 0.5) is 0 Å². The summed E-state index contributed by atoms with van der Waals surface area (Å²) in [6.07, 6.45) is 9.03. The molecule has 0 spiro atoms. The van der Waals surface area contributed by atoms with Gasteiger partial charge in [-0.05, 0) is 18.3 Å². The lowest BCUT2D eigenvalue weighted by Gasteiger charge is -2.15. The van der Waals surface area contributed by atoms with Gasteiger partial charge >= 0.3 is 0 Å². The molecule has 1 aliphatic carbocycles. The van der Waals surface area contributed by atoms with Crippen molar-refractivity contribution >= 4 is 17.4 Å². The van der Waals surface area contributed by atoms with Crippen molar-refractivity contribution in [2.75, 3.05) is 7.05 Å². The van der Waals surface area contributed by atoms with E-state index in [1.54, 1.807) is 7.05 Å². The van der Waals surface area contributed by atoms with Gasteiger partial charge in [0.05, 0.1) is 0 Å². The van der Waals surface area contributed by atoms with E-state index in [0.29, 0.717) is 5.17 Å². The molecular weight excluding hydrogens is 158 g/mol. The van der Waals surface area contributed by atoms with Crippen LogP contribution in [0, 0.1) is 0 Å². The smallest absolute Gasteiger partial charge is 0.256 e. The molecule has 60 valence electrons. The zero-order chi connectivity index (χ0) is 8.10. The van der Waals surface area contributed by atoms with Gasteiger partial charge in [-0.3, -0.25) is 0 Å². The third-order valence-electron chi connectivity index (χ3n) is 1.40. The maximum Gasteiger partial charge on any atom is 0.256 e. The molecule has 0 amide bonds. The average Bonchev–Trinajstić information content (AvgIpc) is 2.06. The summed E-state index contributed by atoms with van der Waals surface area (Å²) >= 11 is 4.84. The number of allylic oxidation sites excluding steroid dienone is 2. The highest BCUT2D eigenvalue weighted by Gasteiger charge is 2.06. The predicted octanol–water partition coefficient (Wildman–Crippen LogP) is 1.39. The molecule has 0 fully saturated rings. The summed E-state index contributed by atoms with van der Waals surface area (Å²) in [5.74, 6) is 0. The molecule has 0 aromatic heterocycles. The molecule has 0 aromatic carbocycles. The van der Waals surface area contributed by atoms with Gasteiger partial charge in [0.1, 0.15) is 6.10 Å². The Kier molecular flexibility index (Phi) is 3.11. The van der Waals surface area contributed by atoms with E-state index in [0.717, 1.165) is 6.42 Å². The number of rotatable bonds is 1. The number of thiocarbonyl (C=S) groups is 1. The van der Waals surface area contributed by atoms with Gasteiger partial charge in [0.15, 0.2) is 0 Å². The quantitative estimate of drug-likeness (QED) is 0.599. The first-order valence-corrected chi connectivity index (χ1v) is 3.95. The van der Waals surface area contributed by atoms with Gasteiger partial charge in [-0.15, -0.1) is 0 Å². The van der Waals surface area contributed by atoms with Crippen molar-refractivity contribution in [3.05, 3.63) is 24.3 Å². The summed E-state index contributed by atoms with van der Waals surface area (Å²) in [6.45, 7) is 0. The first kappa shape index (κ1) is 8.27. The maximum absolute atomic E-state index is 5.32. The minimum absolute atomic E-state index is 0.111. The second-order valence-electron chi connectivity index (χ2n) is 2.24. The third kappa shape index (κ3) is 2.72. The number of nitrogens with one attached hydrogen (secondary N) is 1. The number of ether oxygens (including phenoxy) is 1. The van der Waals surface area contributed by atoms with E-state index < -0.39 is 0 Å². The molecule has 0 aromatic rings. The highest BCUT2D eigenvalue weighted by molar-refractivity contribution is 7.80. The summed E-state index contributed by atoms with van der Waals surface area (Å²) in [5, 5.41) is 3.22. The van der Waals surface area contributed by atoms with Crippen molar-refractivity contribution in [2.45, 2.75) is 12.5 Å². The summed E-state index contributed by atoms with van der Waals surface area (Å²) in [7, 11) is 1.75. The second-order valence-corrected chi connectivity index (χ2v) is 2.61. The van der Waals surface area contributed by atoms with Crippen LogP contribution < -0.4 is 5.32 Å². The SMILES string of the molecule is CNC(=S)OC1C=CC=CC1. The van der Waals surface area contributed by atoms with Crippen molar-refractivity contribution in [1.29, 1.82) is 0 Å². The molecule has 0 heterocycles. The van der Waals surface area contributed by atoms with Gasteiger partial charge in [-0.2, -0.15) is 0 Å². The predicted molar refractivity (Wildman–Crippen MR) is 49.4 cm³/mol. The molecule has 2 nitrogen and oxygen atoms in total. The van der Waals surface area contributed by atoms with Crippen molar-refractivity contribution < 1.29 is 4.74 Å². The lowest BCUT2D eigenvalue weighted by atomic mass is 10.1. The van der Waals surface area contributed by atoms with Gasteiger partial charge in [0, 0.05) is 13.5 Å². The van der Waals surface area contributed by atoms with Crippen molar-refractivity contribution in [2.24, 2.45) is 0 Å². The molecule has 0 aliphatic heterocycles. The lowest BCUT2D eigenvalue weighted by Crippen LogP contribution is -2.24. The van der Waals surface area contributed by atoms with E-state index in [4.69, 9.17) is 17.0 Å². The normalized spacial score (nSPS) is 21.4. The van der Waals surface area contributed by atoms with Crippen molar-refractivity contribution in [3.63, 3.8) is 0 Å². The Morgan fingerprint density at radius 3 is 3.00 bits per heavy atom. The lowest BCUT2D eigenvalue weighted by molar-refractivity contribution is 0.235. The fraction of sp³-hybridized carbons (Fsp3) is 0.375. The molecule has 1 unspecified atom stereocenters. The van der Waals surface area contributed by atoms with Crippen molar-refractivity contribution in [3.8, 4) is 0 Å². The van der Waals surface area contributed by atoms with E-state index in [2.05, 4.69) is 11.4 Å². The Balaban J connectivity index is 2.33. The van der Waals surface area contributed by atoms with E-state index >= 15 is 0 Å². The first-order valence-electron chi connectivity index (χ1n) is 3.54. The van der Waals surface area contributed by atoms with E-state index in [9.17, 15) is 0 Å². The topological polar surface area (TPSA) is 21.3 Å². The molecule has 0 saturated carbocycles. The van der Waals surface area contributed by atoms with E-state index in [1.807, 2.05) is 18.2 Å². The van der Waals surface area contributed by atoms with Crippen LogP contribution in [0.5, 0.6) is 0 Å². The molecule has 0 bridgehead atoms. The zero-order valence-corrected chi connectivity index (χ0v) is 7.23. The van der Waals surface area contributed by atoms with Gasteiger partial charge in [0.2, 0.25) is 0 Å². The van der Waals surface area contributed by atoms with Crippen LogP contribution in [0.3, 0.4) is 0 Å². The molecule has 1 rings (SSSR count). The zero-order valence-electron chi connectivity index (χ0n) is 6.41. The Bertz CT molecular complexity index is 198. The fourth-order valence-electron chi connectivity index (χ4n) is 0.842. The monoisotopic (exact) mass is 169 g/mol. The molecular formula is C8H11NOS. The Labute approximate surface area is 71.9 Å². The van der Waals surface area contributed by atoms with Crippen molar-refractivity contribution in [1.82, 2.24) is 5.32 Å². The van der Waals surface area contributed by atoms with Crippen LogP contribution in [0.1, 0.15) is 6.42 Å². The Hall–Kier alpha value is -0.830. The molecule has 1 aliphatic rings. The minimum Gasteiger partial charge on any atom is -0.463 e. The average molecular weight is 169 g/mol. The van der Waals surface area contributed by atoms with E-state index in [-0.39, 0.29) is 6.10 Å². The van der Waals surface area contributed by atoms with Gasteiger partial charge in [-0.1, -0.05) is 18.2 Å². The summed E-state index contributed by atoms with van der Waals surface area (Å²) in [5.41, 5.74) is 0. The first-order chi connectivity index (χ1) is 5.33. The summed E-state index contributed by atoms with van der Waals surface area (Å²) < 4.78 is 5.32. The standard InChI is InChI=1S/C8H11NOS/c1-9-8(11)10-7-5-3-2-4-6-7/h2-5,7H,6H2,1H3,(H,9,11). The van der Waals surface area contributed by atoms with E-state index in [1.165, 1.54) is 0 Å². The largest absolute Gasteiger partial charge is 0.463 e. The molecule has 1 N–H and O–H groups in total. The molecule has 3 heteroatoms. The highest BCUT2D eigenvalue weighted by Crippen LogP contribution is 2.06. The fourth-order valence-corrected chi connectivity index (χ4v) is 0.965. The number of hydrogen-bond donors (Lipinski definition) is 1. The Morgan fingerprint density at radius 1 is 1.64 bits per heavy atom.